The van der Waals surface area contributed by atoms with Crippen LogP contribution in [0, 0.1) is 6.92 Å². The molecular formula is C17H14N2O2. The Morgan fingerprint density at radius 1 is 1.00 bits per heavy atom. The molecule has 2 amide bonds. The summed E-state index contributed by atoms with van der Waals surface area (Å²) in [5.74, 6) is -0.722. The Kier molecular flexibility index (Phi) is 3.28. The van der Waals surface area contributed by atoms with E-state index in [1.165, 1.54) is 5.01 Å². The van der Waals surface area contributed by atoms with E-state index in [0.717, 1.165) is 11.1 Å². The van der Waals surface area contributed by atoms with Crippen molar-refractivity contribution < 1.29 is 9.59 Å². The molecule has 4 nitrogen and oxygen atoms in total. The van der Waals surface area contributed by atoms with E-state index in [1.54, 1.807) is 12.1 Å². The lowest BCUT2D eigenvalue weighted by Gasteiger charge is -2.14. The number of carbonyl (C=O) groups excluding carboxylic acids is 2. The van der Waals surface area contributed by atoms with Crippen LogP contribution in [0.4, 0.5) is 5.69 Å². The van der Waals surface area contributed by atoms with E-state index in [9.17, 15) is 9.59 Å². The molecule has 1 aliphatic rings. The Morgan fingerprint density at radius 2 is 1.76 bits per heavy atom. The third-order valence-corrected chi connectivity index (χ3v) is 3.26. The Balaban J connectivity index is 1.94. The Hall–Kier alpha value is -2.88. The molecule has 0 bridgehead atoms. The second-order valence-corrected chi connectivity index (χ2v) is 4.89. The second-order valence-electron chi connectivity index (χ2n) is 4.89. The number of carbonyl (C=O) groups is 2. The zero-order valence-electron chi connectivity index (χ0n) is 11.5. The molecule has 1 N–H and O–H groups in total. The molecule has 104 valence electrons. The van der Waals surface area contributed by atoms with Gasteiger partial charge in [0.25, 0.3) is 11.8 Å². The van der Waals surface area contributed by atoms with Crippen LogP contribution in [0.3, 0.4) is 0 Å². The number of nitrogens with one attached hydrogen (secondary N) is 1. The molecule has 0 aromatic heterocycles. The summed E-state index contributed by atoms with van der Waals surface area (Å²) in [6.07, 6.45) is 1.60. The number of hydrogen-bond acceptors (Lipinski definition) is 2. The molecular weight excluding hydrogens is 264 g/mol. The Morgan fingerprint density at radius 3 is 2.48 bits per heavy atom. The van der Waals surface area contributed by atoms with Crippen LogP contribution in [0.25, 0.3) is 6.08 Å². The van der Waals surface area contributed by atoms with E-state index in [2.05, 4.69) is 5.43 Å². The molecule has 4 heteroatoms. The van der Waals surface area contributed by atoms with Crippen LogP contribution >= 0.6 is 0 Å². The van der Waals surface area contributed by atoms with Crippen molar-refractivity contribution in [3.63, 3.8) is 0 Å². The van der Waals surface area contributed by atoms with Gasteiger partial charge in [-0.05, 0) is 36.3 Å². The number of amides is 2. The smallest absolute Gasteiger partial charge is 0.267 e. The molecule has 3 rings (SSSR count). The highest BCUT2D eigenvalue weighted by Crippen LogP contribution is 2.22. The predicted molar refractivity (Wildman–Crippen MR) is 81.2 cm³/mol. The fourth-order valence-electron chi connectivity index (χ4n) is 2.22. The van der Waals surface area contributed by atoms with Crippen LogP contribution in [0.15, 0.2) is 60.2 Å². The highest BCUT2D eigenvalue weighted by atomic mass is 16.2. The normalized spacial score (nSPS) is 16.4. The van der Waals surface area contributed by atoms with Gasteiger partial charge in [0.05, 0.1) is 5.69 Å². The van der Waals surface area contributed by atoms with Crippen molar-refractivity contribution in [3.8, 4) is 0 Å². The zero-order valence-corrected chi connectivity index (χ0v) is 11.5. The van der Waals surface area contributed by atoms with Crippen molar-refractivity contribution in [1.82, 2.24) is 5.43 Å². The fraction of sp³-hybridized carbons (Fsp3) is 0.0588. The maximum absolute atomic E-state index is 12.4. The van der Waals surface area contributed by atoms with Gasteiger partial charge >= 0.3 is 0 Å². The molecule has 0 spiro atoms. The molecule has 0 atom stereocenters. The van der Waals surface area contributed by atoms with Gasteiger partial charge in [0.15, 0.2) is 0 Å². The number of aryl methyl sites for hydroxylation is 1. The highest BCUT2D eigenvalue weighted by molar-refractivity contribution is 6.31. The molecule has 0 aliphatic carbocycles. The van der Waals surface area contributed by atoms with Crippen LogP contribution in [-0.2, 0) is 9.59 Å². The summed E-state index contributed by atoms with van der Waals surface area (Å²) in [7, 11) is 0. The van der Waals surface area contributed by atoms with Gasteiger partial charge in [-0.3, -0.25) is 15.0 Å². The minimum Gasteiger partial charge on any atom is -0.267 e. The van der Waals surface area contributed by atoms with Crippen molar-refractivity contribution >= 4 is 23.6 Å². The first-order valence-corrected chi connectivity index (χ1v) is 6.64. The first-order valence-electron chi connectivity index (χ1n) is 6.64. The van der Waals surface area contributed by atoms with Crippen molar-refractivity contribution in [1.29, 1.82) is 0 Å². The summed E-state index contributed by atoms with van der Waals surface area (Å²) in [5.41, 5.74) is 5.24. The molecule has 0 unspecified atom stereocenters. The molecule has 1 aliphatic heterocycles. The van der Waals surface area contributed by atoms with E-state index in [1.807, 2.05) is 55.5 Å². The number of hydrogen-bond donors (Lipinski definition) is 1. The third kappa shape index (κ3) is 2.56. The summed E-state index contributed by atoms with van der Waals surface area (Å²) >= 11 is 0. The summed E-state index contributed by atoms with van der Waals surface area (Å²) in [6.45, 7) is 1.94. The van der Waals surface area contributed by atoms with Crippen LogP contribution in [0.5, 0.6) is 0 Å². The average molecular weight is 278 g/mol. The topological polar surface area (TPSA) is 49.4 Å². The standard InChI is InChI=1S/C17H14N2O2/c1-12-6-5-9-14(10-12)19-17(21)15(16(20)18-19)11-13-7-3-2-4-8-13/h2-11H,1H3,(H,18,20). The zero-order chi connectivity index (χ0) is 14.8. The largest absolute Gasteiger partial charge is 0.282 e. The SMILES string of the molecule is Cc1cccc(N2NC(=O)C(=Cc3ccccc3)C2=O)c1. The van der Waals surface area contributed by atoms with E-state index in [-0.39, 0.29) is 17.4 Å². The van der Waals surface area contributed by atoms with E-state index in [0.29, 0.717) is 5.69 Å². The van der Waals surface area contributed by atoms with Crippen molar-refractivity contribution in [2.45, 2.75) is 6.92 Å². The number of benzene rings is 2. The number of anilines is 1. The summed E-state index contributed by atoms with van der Waals surface area (Å²) in [5, 5.41) is 1.28. The minimum atomic E-state index is -0.384. The maximum atomic E-state index is 12.4. The first kappa shape index (κ1) is 13.1. The molecule has 21 heavy (non-hydrogen) atoms. The quantitative estimate of drug-likeness (QED) is 0.677. The third-order valence-electron chi connectivity index (χ3n) is 3.26. The van der Waals surface area contributed by atoms with Gasteiger partial charge in [0.2, 0.25) is 0 Å². The summed E-state index contributed by atoms with van der Waals surface area (Å²) < 4.78 is 0. The summed E-state index contributed by atoms with van der Waals surface area (Å²) in [4.78, 5) is 24.4. The van der Waals surface area contributed by atoms with E-state index < -0.39 is 0 Å². The lowest BCUT2D eigenvalue weighted by Crippen LogP contribution is -2.35. The lowest BCUT2D eigenvalue weighted by molar-refractivity contribution is -0.117. The van der Waals surface area contributed by atoms with Crippen LogP contribution < -0.4 is 10.4 Å². The predicted octanol–water partition coefficient (Wildman–Crippen LogP) is 2.46. The molecule has 2 aromatic rings. The minimum absolute atomic E-state index is 0.141. The van der Waals surface area contributed by atoms with E-state index >= 15 is 0 Å². The van der Waals surface area contributed by atoms with Gasteiger partial charge in [-0.25, -0.2) is 5.01 Å². The molecule has 2 aromatic carbocycles. The van der Waals surface area contributed by atoms with E-state index in [4.69, 9.17) is 0 Å². The van der Waals surface area contributed by atoms with Gasteiger partial charge < -0.3 is 0 Å². The fourth-order valence-corrected chi connectivity index (χ4v) is 2.22. The molecule has 0 radical (unpaired) electrons. The monoisotopic (exact) mass is 278 g/mol. The average Bonchev–Trinajstić information content (AvgIpc) is 2.76. The molecule has 0 saturated carbocycles. The lowest BCUT2D eigenvalue weighted by atomic mass is 10.1. The van der Waals surface area contributed by atoms with Gasteiger partial charge in [0, 0.05) is 0 Å². The second kappa shape index (κ2) is 5.25. The van der Waals surface area contributed by atoms with Gasteiger partial charge in [0.1, 0.15) is 5.57 Å². The van der Waals surface area contributed by atoms with Gasteiger partial charge in [-0.15, -0.1) is 0 Å². The Labute approximate surface area is 122 Å². The molecule has 1 heterocycles. The molecule has 1 saturated heterocycles. The first-order chi connectivity index (χ1) is 10.1. The Bertz CT molecular complexity index is 735. The number of rotatable bonds is 2. The summed E-state index contributed by atoms with van der Waals surface area (Å²) in [6, 6.07) is 16.7. The maximum Gasteiger partial charge on any atom is 0.282 e. The van der Waals surface area contributed by atoms with Gasteiger partial charge in [-0.1, -0.05) is 42.5 Å². The van der Waals surface area contributed by atoms with Crippen molar-refractivity contribution in [2.75, 3.05) is 5.01 Å². The highest BCUT2D eigenvalue weighted by Gasteiger charge is 2.34. The van der Waals surface area contributed by atoms with Crippen LogP contribution in [-0.4, -0.2) is 11.8 Å². The van der Waals surface area contributed by atoms with Crippen LogP contribution in [0.2, 0.25) is 0 Å². The van der Waals surface area contributed by atoms with Crippen molar-refractivity contribution in [2.24, 2.45) is 0 Å². The molecule has 1 fully saturated rings. The van der Waals surface area contributed by atoms with Gasteiger partial charge in [-0.2, -0.15) is 0 Å². The number of hydrazine groups is 1. The number of nitrogens with zero attached hydrogens (tertiary/aromatic N) is 1. The van der Waals surface area contributed by atoms with Crippen LogP contribution in [0.1, 0.15) is 11.1 Å². The van der Waals surface area contributed by atoms with Crippen molar-refractivity contribution in [3.05, 3.63) is 71.3 Å².